The molecule has 4 rings (SSSR count). The van der Waals surface area contributed by atoms with E-state index in [0.29, 0.717) is 38.1 Å². The highest BCUT2D eigenvalue weighted by molar-refractivity contribution is 6.35. The molecule has 0 spiro atoms. The van der Waals surface area contributed by atoms with Crippen molar-refractivity contribution in [2.24, 2.45) is 0 Å². The van der Waals surface area contributed by atoms with Crippen LogP contribution < -0.4 is 5.32 Å². The van der Waals surface area contributed by atoms with Crippen molar-refractivity contribution in [1.82, 2.24) is 15.1 Å². The van der Waals surface area contributed by atoms with E-state index < -0.39 is 18.3 Å². The Labute approximate surface area is 221 Å². The van der Waals surface area contributed by atoms with Crippen molar-refractivity contribution >= 4 is 46.7 Å². The van der Waals surface area contributed by atoms with Crippen LogP contribution in [0.5, 0.6) is 0 Å². The Hall–Kier alpha value is -3.83. The number of hydrogen-bond acceptors (Lipinski definition) is 4. The summed E-state index contributed by atoms with van der Waals surface area (Å²) in [6.45, 7) is 0.117. The molecule has 0 fully saturated rings. The number of nitrogens with one attached hydrogen (secondary N) is 1. The summed E-state index contributed by atoms with van der Waals surface area (Å²) >= 11 is 18.6. The number of carboxylic acids is 1. The molecule has 4 aromatic rings. The molecule has 0 bridgehead atoms. The average Bonchev–Trinajstić information content (AvgIpc) is 3.21. The van der Waals surface area contributed by atoms with Crippen LogP contribution in [0, 0.1) is 11.3 Å². The van der Waals surface area contributed by atoms with Gasteiger partial charge in [-0.05, 0) is 48.0 Å². The van der Waals surface area contributed by atoms with Gasteiger partial charge in [-0.15, -0.1) is 0 Å². The first-order chi connectivity index (χ1) is 17.3. The molecule has 0 aliphatic heterocycles. The van der Waals surface area contributed by atoms with Crippen LogP contribution >= 0.6 is 34.8 Å². The summed E-state index contributed by atoms with van der Waals surface area (Å²) in [6.07, 6.45) is -0.462. The van der Waals surface area contributed by atoms with Gasteiger partial charge < -0.3 is 10.4 Å². The van der Waals surface area contributed by atoms with Gasteiger partial charge in [0.2, 0.25) is 0 Å². The topological polar surface area (TPSA) is 108 Å². The lowest BCUT2D eigenvalue weighted by Crippen LogP contribution is -2.25. The van der Waals surface area contributed by atoms with Crippen molar-refractivity contribution in [1.29, 1.82) is 5.26 Å². The fourth-order valence-electron chi connectivity index (χ4n) is 3.70. The Morgan fingerprint density at radius 3 is 2.39 bits per heavy atom. The minimum atomic E-state index is -1.14. The van der Waals surface area contributed by atoms with Crippen molar-refractivity contribution in [3.05, 3.63) is 104 Å². The highest BCUT2D eigenvalue weighted by atomic mass is 35.5. The van der Waals surface area contributed by atoms with Crippen LogP contribution in [0.2, 0.25) is 15.1 Å². The summed E-state index contributed by atoms with van der Waals surface area (Å²) in [5, 5.41) is 27.2. The van der Waals surface area contributed by atoms with E-state index in [-0.39, 0.29) is 22.8 Å². The predicted octanol–water partition coefficient (Wildman–Crippen LogP) is 5.93. The molecule has 3 aromatic carbocycles. The second-order valence-corrected chi connectivity index (χ2v) is 9.04. The number of nitriles is 1. The van der Waals surface area contributed by atoms with Gasteiger partial charge in [-0.1, -0.05) is 59.1 Å². The zero-order chi connectivity index (χ0) is 25.8. The first kappa shape index (κ1) is 25.3. The van der Waals surface area contributed by atoms with Gasteiger partial charge in [0.05, 0.1) is 34.5 Å². The van der Waals surface area contributed by atoms with Crippen LogP contribution in [0.25, 0.3) is 16.9 Å². The standard InChI is InChI=1S/C26H17Cl3N4O3/c27-18-6-4-17(5-7-18)25-20(12-23(34)35)24(32-33(25)22-9-8-19(28)11-21(22)29)26(36)31-14-16-3-1-2-15(10-16)13-30/h1-11H,12,14H2,(H,31,36)(H,34,35). The minimum absolute atomic E-state index is 0.0650. The van der Waals surface area contributed by atoms with E-state index in [1.165, 1.54) is 10.7 Å². The summed E-state index contributed by atoms with van der Waals surface area (Å²) in [4.78, 5) is 25.1. The van der Waals surface area contributed by atoms with Gasteiger partial charge in [0.15, 0.2) is 5.69 Å². The Bertz CT molecular complexity index is 1510. The third-order valence-electron chi connectivity index (χ3n) is 5.29. The number of nitrogens with zero attached hydrogens (tertiary/aromatic N) is 3. The number of aliphatic carboxylic acids is 1. The Balaban J connectivity index is 1.84. The summed E-state index contributed by atoms with van der Waals surface area (Å²) in [6, 6.07) is 20.4. The number of rotatable bonds is 7. The van der Waals surface area contributed by atoms with Gasteiger partial charge in [0.25, 0.3) is 5.91 Å². The highest BCUT2D eigenvalue weighted by Crippen LogP contribution is 2.34. The summed E-state index contributed by atoms with van der Waals surface area (Å²) in [7, 11) is 0. The molecule has 1 amide bonds. The van der Waals surface area contributed by atoms with Crippen LogP contribution in [-0.4, -0.2) is 26.8 Å². The maximum Gasteiger partial charge on any atom is 0.307 e. The third kappa shape index (κ3) is 5.52. The normalized spacial score (nSPS) is 10.6. The molecular weight excluding hydrogens is 523 g/mol. The zero-order valence-electron chi connectivity index (χ0n) is 18.5. The van der Waals surface area contributed by atoms with Crippen molar-refractivity contribution in [2.75, 3.05) is 0 Å². The SMILES string of the molecule is N#Cc1cccc(CNC(=O)c2nn(-c3ccc(Cl)cc3Cl)c(-c3ccc(Cl)cc3)c2CC(=O)O)c1. The van der Waals surface area contributed by atoms with Gasteiger partial charge in [0.1, 0.15) is 0 Å². The first-order valence-corrected chi connectivity index (χ1v) is 11.7. The van der Waals surface area contributed by atoms with Gasteiger partial charge in [0, 0.05) is 27.7 Å². The lowest BCUT2D eigenvalue weighted by atomic mass is 10.0. The number of carbonyl (C=O) groups is 2. The molecule has 180 valence electrons. The smallest absolute Gasteiger partial charge is 0.307 e. The monoisotopic (exact) mass is 538 g/mol. The number of carbonyl (C=O) groups excluding carboxylic acids is 1. The average molecular weight is 540 g/mol. The number of hydrogen-bond donors (Lipinski definition) is 2. The fraction of sp³-hybridized carbons (Fsp3) is 0.0769. The predicted molar refractivity (Wildman–Crippen MR) is 138 cm³/mol. The van der Waals surface area contributed by atoms with E-state index in [1.807, 2.05) is 0 Å². The molecule has 0 aliphatic rings. The fourth-order valence-corrected chi connectivity index (χ4v) is 4.31. The molecule has 0 saturated carbocycles. The molecular formula is C26H17Cl3N4O3. The quantitative estimate of drug-likeness (QED) is 0.303. The van der Waals surface area contributed by atoms with Crippen LogP contribution in [0.3, 0.4) is 0 Å². The van der Waals surface area contributed by atoms with E-state index in [0.717, 1.165) is 0 Å². The second-order valence-electron chi connectivity index (χ2n) is 7.76. The highest BCUT2D eigenvalue weighted by Gasteiger charge is 2.27. The van der Waals surface area contributed by atoms with E-state index in [4.69, 9.17) is 40.1 Å². The lowest BCUT2D eigenvalue weighted by molar-refractivity contribution is -0.136. The van der Waals surface area contributed by atoms with E-state index >= 15 is 0 Å². The Kier molecular flexibility index (Phi) is 7.61. The van der Waals surface area contributed by atoms with Crippen molar-refractivity contribution in [3.8, 4) is 23.0 Å². The molecule has 0 atom stereocenters. The number of halogens is 3. The van der Waals surface area contributed by atoms with Crippen molar-refractivity contribution < 1.29 is 14.7 Å². The zero-order valence-corrected chi connectivity index (χ0v) is 20.8. The molecule has 2 N–H and O–H groups in total. The van der Waals surface area contributed by atoms with Crippen LogP contribution in [0.4, 0.5) is 0 Å². The van der Waals surface area contributed by atoms with E-state index in [1.54, 1.807) is 60.7 Å². The van der Waals surface area contributed by atoms with Crippen LogP contribution in [0.15, 0.2) is 66.7 Å². The van der Waals surface area contributed by atoms with Crippen LogP contribution in [0.1, 0.15) is 27.2 Å². The maximum absolute atomic E-state index is 13.3. The largest absolute Gasteiger partial charge is 0.481 e. The molecule has 0 radical (unpaired) electrons. The molecule has 0 saturated heterocycles. The van der Waals surface area contributed by atoms with Gasteiger partial charge in [-0.25, -0.2) is 4.68 Å². The molecule has 1 heterocycles. The maximum atomic E-state index is 13.3. The molecule has 1 aromatic heterocycles. The van der Waals surface area contributed by atoms with Gasteiger partial charge in [-0.2, -0.15) is 10.4 Å². The van der Waals surface area contributed by atoms with Gasteiger partial charge in [-0.3, -0.25) is 9.59 Å². The Morgan fingerprint density at radius 2 is 1.72 bits per heavy atom. The summed E-state index contributed by atoms with van der Waals surface area (Å²) < 4.78 is 1.44. The molecule has 10 heteroatoms. The molecule has 36 heavy (non-hydrogen) atoms. The number of aromatic nitrogens is 2. The number of benzene rings is 3. The third-order valence-corrected chi connectivity index (χ3v) is 6.08. The van der Waals surface area contributed by atoms with Gasteiger partial charge >= 0.3 is 5.97 Å². The second kappa shape index (κ2) is 10.8. The van der Waals surface area contributed by atoms with Crippen molar-refractivity contribution in [2.45, 2.75) is 13.0 Å². The van der Waals surface area contributed by atoms with Crippen molar-refractivity contribution in [3.63, 3.8) is 0 Å². The number of amides is 1. The summed E-state index contributed by atoms with van der Waals surface area (Å²) in [5.74, 6) is -1.71. The van der Waals surface area contributed by atoms with E-state index in [2.05, 4.69) is 16.5 Å². The molecule has 0 aliphatic carbocycles. The molecule has 0 unspecified atom stereocenters. The van der Waals surface area contributed by atoms with E-state index in [9.17, 15) is 14.7 Å². The molecule has 7 nitrogen and oxygen atoms in total. The Morgan fingerprint density at radius 1 is 1.00 bits per heavy atom. The lowest BCUT2D eigenvalue weighted by Gasteiger charge is -2.11. The van der Waals surface area contributed by atoms with Crippen LogP contribution in [-0.2, 0) is 17.8 Å². The number of carboxylic acid groups (broad SMARTS) is 1. The minimum Gasteiger partial charge on any atom is -0.481 e. The summed E-state index contributed by atoms with van der Waals surface area (Å²) in [5.41, 5.74) is 2.70. The first-order valence-electron chi connectivity index (χ1n) is 10.6.